The molecule has 1 heterocycles. The van der Waals surface area contributed by atoms with Gasteiger partial charge in [-0.2, -0.15) is 0 Å². The molecule has 0 spiro atoms. The lowest BCUT2D eigenvalue weighted by molar-refractivity contribution is -0.134. The molecule has 0 fully saturated rings. The average Bonchev–Trinajstić information content (AvgIpc) is 2.68. The Bertz CT molecular complexity index is 821. The Morgan fingerprint density at radius 2 is 1.74 bits per heavy atom. The minimum atomic E-state index is -0.260. The van der Waals surface area contributed by atoms with Gasteiger partial charge in [0.05, 0.1) is 0 Å². The maximum Gasteiger partial charge on any atom is 0.224 e. The minimum Gasteiger partial charge on any atom is -0.342 e. The molecule has 142 valence electrons. The van der Waals surface area contributed by atoms with Crippen molar-refractivity contribution in [3.63, 3.8) is 0 Å². The van der Waals surface area contributed by atoms with E-state index in [2.05, 4.69) is 12.1 Å². The van der Waals surface area contributed by atoms with E-state index >= 15 is 0 Å². The van der Waals surface area contributed by atoms with Gasteiger partial charge in [0.25, 0.3) is 0 Å². The highest BCUT2D eigenvalue weighted by Crippen LogP contribution is 2.19. The highest BCUT2D eigenvalue weighted by Gasteiger charge is 2.21. The predicted octanol–water partition coefficient (Wildman–Crippen LogP) is 3.19. The molecule has 1 aliphatic heterocycles. The molecule has 0 atom stereocenters. The zero-order valence-electron chi connectivity index (χ0n) is 15.7. The van der Waals surface area contributed by atoms with Gasteiger partial charge in [-0.3, -0.25) is 9.59 Å². The van der Waals surface area contributed by atoms with Gasteiger partial charge in [0.2, 0.25) is 11.8 Å². The van der Waals surface area contributed by atoms with E-state index in [1.165, 1.54) is 24.1 Å². The molecule has 1 aliphatic rings. The molecular formula is C22H25FN2O2. The second kappa shape index (κ2) is 8.80. The highest BCUT2D eigenvalue weighted by atomic mass is 19.1. The highest BCUT2D eigenvalue weighted by molar-refractivity contribution is 5.78. The van der Waals surface area contributed by atoms with Crippen molar-refractivity contribution in [2.45, 2.75) is 32.7 Å². The van der Waals surface area contributed by atoms with Gasteiger partial charge in [-0.15, -0.1) is 0 Å². The van der Waals surface area contributed by atoms with E-state index in [-0.39, 0.29) is 17.6 Å². The smallest absolute Gasteiger partial charge is 0.224 e. The van der Waals surface area contributed by atoms with Crippen LogP contribution in [0.2, 0.25) is 0 Å². The number of halogens is 1. The summed E-state index contributed by atoms with van der Waals surface area (Å²) in [5, 5.41) is 0. The largest absolute Gasteiger partial charge is 0.342 e. The first-order valence-electron chi connectivity index (χ1n) is 9.38. The molecule has 0 bridgehead atoms. The summed E-state index contributed by atoms with van der Waals surface area (Å²) in [6.45, 7) is 3.60. The molecule has 0 aliphatic carbocycles. The van der Waals surface area contributed by atoms with E-state index in [0.717, 1.165) is 6.42 Å². The van der Waals surface area contributed by atoms with Crippen molar-refractivity contribution in [2.75, 3.05) is 19.6 Å². The molecule has 27 heavy (non-hydrogen) atoms. The quantitative estimate of drug-likeness (QED) is 0.786. The normalized spacial score (nSPS) is 13.2. The van der Waals surface area contributed by atoms with Gasteiger partial charge < -0.3 is 9.80 Å². The van der Waals surface area contributed by atoms with Gasteiger partial charge in [0.15, 0.2) is 0 Å². The van der Waals surface area contributed by atoms with Crippen LogP contribution in [0.15, 0.2) is 48.5 Å². The SMILES string of the molecule is CC(=O)N(CCC(=O)N1CCc2ccccc2C1)CCc1ccccc1F. The first-order chi connectivity index (χ1) is 13.0. The first-order valence-corrected chi connectivity index (χ1v) is 9.38. The molecule has 2 aromatic carbocycles. The summed E-state index contributed by atoms with van der Waals surface area (Å²) in [7, 11) is 0. The molecule has 0 radical (unpaired) electrons. The van der Waals surface area contributed by atoms with Crippen LogP contribution in [0.1, 0.15) is 30.0 Å². The number of rotatable bonds is 6. The molecule has 5 heteroatoms. The van der Waals surface area contributed by atoms with E-state index in [4.69, 9.17) is 0 Å². The van der Waals surface area contributed by atoms with Gasteiger partial charge in [-0.1, -0.05) is 42.5 Å². The second-order valence-corrected chi connectivity index (χ2v) is 6.93. The fraction of sp³-hybridized carbons (Fsp3) is 0.364. The molecule has 3 rings (SSSR count). The maximum atomic E-state index is 13.8. The summed E-state index contributed by atoms with van der Waals surface area (Å²) in [6, 6.07) is 14.8. The van der Waals surface area contributed by atoms with E-state index in [0.29, 0.717) is 44.6 Å². The van der Waals surface area contributed by atoms with E-state index in [1.54, 1.807) is 23.1 Å². The summed E-state index contributed by atoms with van der Waals surface area (Å²) < 4.78 is 13.8. The summed E-state index contributed by atoms with van der Waals surface area (Å²) in [5.74, 6) is -0.297. The molecule has 2 aromatic rings. The van der Waals surface area contributed by atoms with Crippen molar-refractivity contribution in [3.05, 3.63) is 71.0 Å². The standard InChI is InChI=1S/C22H25FN2O2/c1-17(26)24(13-11-19-7-4-5-9-21(19)23)15-12-22(27)25-14-10-18-6-2-3-8-20(18)16-25/h2-9H,10-16H2,1H3. The van der Waals surface area contributed by atoms with Crippen molar-refractivity contribution in [2.24, 2.45) is 0 Å². The van der Waals surface area contributed by atoms with Crippen LogP contribution in [0, 0.1) is 5.82 Å². The number of carbonyl (C=O) groups is 2. The zero-order valence-corrected chi connectivity index (χ0v) is 15.7. The lowest BCUT2D eigenvalue weighted by Crippen LogP contribution is -2.39. The minimum absolute atomic E-state index is 0.0571. The molecular weight excluding hydrogens is 343 g/mol. The summed E-state index contributed by atoms with van der Waals surface area (Å²) in [4.78, 5) is 28.0. The summed E-state index contributed by atoms with van der Waals surface area (Å²) >= 11 is 0. The lowest BCUT2D eigenvalue weighted by Gasteiger charge is -2.30. The molecule has 4 nitrogen and oxygen atoms in total. The summed E-state index contributed by atoms with van der Waals surface area (Å²) in [5.41, 5.74) is 3.08. The van der Waals surface area contributed by atoms with Gasteiger partial charge in [-0.25, -0.2) is 4.39 Å². The van der Waals surface area contributed by atoms with Crippen molar-refractivity contribution >= 4 is 11.8 Å². The third-order valence-corrected chi connectivity index (χ3v) is 5.13. The number of nitrogens with zero attached hydrogens (tertiary/aromatic N) is 2. The lowest BCUT2D eigenvalue weighted by atomic mass is 10.00. The van der Waals surface area contributed by atoms with Gasteiger partial charge in [0.1, 0.15) is 5.82 Å². The van der Waals surface area contributed by atoms with Crippen molar-refractivity contribution in [3.8, 4) is 0 Å². The van der Waals surface area contributed by atoms with Crippen LogP contribution in [0.3, 0.4) is 0 Å². The third kappa shape index (κ3) is 4.94. The number of carbonyl (C=O) groups excluding carboxylic acids is 2. The van der Waals surface area contributed by atoms with Gasteiger partial charge >= 0.3 is 0 Å². The Morgan fingerprint density at radius 3 is 2.48 bits per heavy atom. The number of hydrogen-bond donors (Lipinski definition) is 0. The fourth-order valence-electron chi connectivity index (χ4n) is 3.48. The monoisotopic (exact) mass is 368 g/mol. The Morgan fingerprint density at radius 1 is 1.04 bits per heavy atom. The van der Waals surface area contributed by atoms with Gasteiger partial charge in [0, 0.05) is 39.5 Å². The van der Waals surface area contributed by atoms with Crippen molar-refractivity contribution in [1.29, 1.82) is 0 Å². The van der Waals surface area contributed by atoms with Gasteiger partial charge in [-0.05, 0) is 35.6 Å². The van der Waals surface area contributed by atoms with Crippen LogP contribution in [0.5, 0.6) is 0 Å². The molecule has 0 saturated heterocycles. The molecule has 0 unspecified atom stereocenters. The molecule has 0 aromatic heterocycles. The topological polar surface area (TPSA) is 40.6 Å². The number of hydrogen-bond acceptors (Lipinski definition) is 2. The predicted molar refractivity (Wildman–Crippen MR) is 103 cm³/mol. The number of amides is 2. The molecule has 0 N–H and O–H groups in total. The average molecular weight is 368 g/mol. The Hall–Kier alpha value is -2.69. The first kappa shape index (κ1) is 19.1. The van der Waals surface area contributed by atoms with Crippen LogP contribution in [0.25, 0.3) is 0 Å². The zero-order chi connectivity index (χ0) is 19.2. The van der Waals surface area contributed by atoms with Crippen LogP contribution < -0.4 is 0 Å². The van der Waals surface area contributed by atoms with Crippen LogP contribution in [-0.4, -0.2) is 41.2 Å². The second-order valence-electron chi connectivity index (χ2n) is 6.93. The molecule has 0 saturated carbocycles. The van der Waals surface area contributed by atoms with Crippen molar-refractivity contribution < 1.29 is 14.0 Å². The Balaban J connectivity index is 1.53. The van der Waals surface area contributed by atoms with Crippen molar-refractivity contribution in [1.82, 2.24) is 9.80 Å². The van der Waals surface area contributed by atoms with Crippen LogP contribution in [-0.2, 0) is 29.0 Å². The fourth-order valence-corrected chi connectivity index (χ4v) is 3.48. The maximum absolute atomic E-state index is 13.8. The van der Waals surface area contributed by atoms with E-state index in [9.17, 15) is 14.0 Å². The van der Waals surface area contributed by atoms with E-state index < -0.39 is 0 Å². The number of benzene rings is 2. The summed E-state index contributed by atoms with van der Waals surface area (Å²) in [6.07, 6.45) is 1.60. The van der Waals surface area contributed by atoms with Crippen LogP contribution in [0.4, 0.5) is 4.39 Å². The Kier molecular flexibility index (Phi) is 6.22. The number of fused-ring (bicyclic) bond motifs is 1. The Labute approximate surface area is 159 Å². The van der Waals surface area contributed by atoms with E-state index in [1.807, 2.05) is 17.0 Å². The molecule has 2 amide bonds. The third-order valence-electron chi connectivity index (χ3n) is 5.13. The van der Waals surface area contributed by atoms with Crippen LogP contribution >= 0.6 is 0 Å².